The van der Waals surface area contributed by atoms with Crippen molar-refractivity contribution in [1.29, 1.82) is 0 Å². The molecule has 24 heavy (non-hydrogen) atoms. The van der Waals surface area contributed by atoms with Gasteiger partial charge in [0.1, 0.15) is 0 Å². The fraction of sp³-hybridized carbons (Fsp3) is 0.263. The predicted molar refractivity (Wildman–Crippen MR) is 90.8 cm³/mol. The highest BCUT2D eigenvalue weighted by Crippen LogP contribution is 2.19. The standard InChI is InChI=1S/C19H20FNO3/c1-3-6-18(22)21-15-11-9-14(10-12-15)19(23)13(2)24-17-8-5-4-7-16(17)20/h4-5,7-13H,3,6H2,1-2H3,(H,21,22)/t13-/m0/s1. The summed E-state index contributed by atoms with van der Waals surface area (Å²) in [4.78, 5) is 23.9. The number of ether oxygens (including phenoxy) is 1. The van der Waals surface area contributed by atoms with Crippen molar-refractivity contribution in [2.75, 3.05) is 5.32 Å². The minimum Gasteiger partial charge on any atom is -0.479 e. The Morgan fingerprint density at radius 3 is 2.42 bits per heavy atom. The van der Waals surface area contributed by atoms with Crippen LogP contribution in [-0.2, 0) is 4.79 Å². The lowest BCUT2D eigenvalue weighted by Gasteiger charge is -2.14. The van der Waals surface area contributed by atoms with E-state index in [4.69, 9.17) is 4.74 Å². The van der Waals surface area contributed by atoms with Crippen LogP contribution in [0, 0.1) is 5.82 Å². The summed E-state index contributed by atoms with van der Waals surface area (Å²) in [7, 11) is 0. The lowest BCUT2D eigenvalue weighted by Crippen LogP contribution is -2.24. The van der Waals surface area contributed by atoms with E-state index in [2.05, 4.69) is 5.32 Å². The Morgan fingerprint density at radius 1 is 1.12 bits per heavy atom. The molecule has 0 aliphatic carbocycles. The quantitative estimate of drug-likeness (QED) is 0.774. The first-order valence-corrected chi connectivity index (χ1v) is 7.86. The Bertz CT molecular complexity index is 713. The Labute approximate surface area is 140 Å². The molecule has 1 atom stereocenters. The van der Waals surface area contributed by atoms with E-state index in [0.717, 1.165) is 6.42 Å². The van der Waals surface area contributed by atoms with Gasteiger partial charge in [0.15, 0.2) is 17.7 Å². The first-order valence-electron chi connectivity index (χ1n) is 7.86. The number of anilines is 1. The Kier molecular flexibility index (Phi) is 6.07. The average molecular weight is 329 g/mol. The molecule has 126 valence electrons. The second-order valence-corrected chi connectivity index (χ2v) is 5.43. The maximum absolute atomic E-state index is 13.6. The molecule has 0 saturated heterocycles. The predicted octanol–water partition coefficient (Wildman–Crippen LogP) is 4.21. The average Bonchev–Trinajstić information content (AvgIpc) is 2.57. The summed E-state index contributed by atoms with van der Waals surface area (Å²) >= 11 is 0. The van der Waals surface area contributed by atoms with Gasteiger partial charge in [0.2, 0.25) is 11.7 Å². The molecular weight excluding hydrogens is 309 g/mol. The van der Waals surface area contributed by atoms with Gasteiger partial charge < -0.3 is 10.1 Å². The van der Waals surface area contributed by atoms with Crippen LogP contribution in [0.1, 0.15) is 37.0 Å². The fourth-order valence-electron chi connectivity index (χ4n) is 2.19. The van der Waals surface area contributed by atoms with E-state index in [1.165, 1.54) is 12.1 Å². The van der Waals surface area contributed by atoms with Gasteiger partial charge in [-0.2, -0.15) is 0 Å². The number of benzene rings is 2. The molecule has 0 spiro atoms. The molecule has 0 bridgehead atoms. The van der Waals surface area contributed by atoms with Crippen LogP contribution in [0.3, 0.4) is 0 Å². The van der Waals surface area contributed by atoms with Crippen LogP contribution in [-0.4, -0.2) is 17.8 Å². The van der Waals surface area contributed by atoms with Gasteiger partial charge in [-0.05, 0) is 49.7 Å². The molecule has 0 aliphatic rings. The first kappa shape index (κ1) is 17.7. The van der Waals surface area contributed by atoms with E-state index < -0.39 is 11.9 Å². The molecule has 1 N–H and O–H groups in total. The zero-order chi connectivity index (χ0) is 17.5. The van der Waals surface area contributed by atoms with Crippen molar-refractivity contribution in [2.45, 2.75) is 32.8 Å². The number of rotatable bonds is 7. The van der Waals surface area contributed by atoms with E-state index in [0.29, 0.717) is 17.7 Å². The molecule has 2 rings (SSSR count). The van der Waals surface area contributed by atoms with E-state index in [1.54, 1.807) is 43.3 Å². The van der Waals surface area contributed by atoms with Crippen LogP contribution in [0.25, 0.3) is 0 Å². The number of para-hydroxylation sites is 1. The highest BCUT2D eigenvalue weighted by molar-refractivity contribution is 6.00. The lowest BCUT2D eigenvalue weighted by atomic mass is 10.1. The third-order valence-electron chi connectivity index (χ3n) is 3.44. The molecule has 0 unspecified atom stereocenters. The van der Waals surface area contributed by atoms with Crippen LogP contribution in [0.5, 0.6) is 5.75 Å². The van der Waals surface area contributed by atoms with Crippen molar-refractivity contribution in [3.63, 3.8) is 0 Å². The number of carbonyl (C=O) groups is 2. The Balaban J connectivity index is 2.01. The minimum absolute atomic E-state index is 0.0433. The molecule has 2 aromatic carbocycles. The second-order valence-electron chi connectivity index (χ2n) is 5.43. The topological polar surface area (TPSA) is 55.4 Å². The van der Waals surface area contributed by atoms with Gasteiger partial charge in [-0.25, -0.2) is 4.39 Å². The first-order chi connectivity index (χ1) is 11.5. The SMILES string of the molecule is CCCC(=O)Nc1ccc(C(=O)[C@H](C)Oc2ccccc2F)cc1. The molecule has 0 heterocycles. The molecule has 2 aromatic rings. The molecule has 0 aliphatic heterocycles. The number of hydrogen-bond acceptors (Lipinski definition) is 3. The summed E-state index contributed by atoms with van der Waals surface area (Å²) in [6.07, 6.45) is 0.407. The van der Waals surface area contributed by atoms with Crippen LogP contribution in [0.4, 0.5) is 10.1 Å². The molecular formula is C19H20FNO3. The van der Waals surface area contributed by atoms with Gasteiger partial charge in [0.05, 0.1) is 0 Å². The maximum atomic E-state index is 13.6. The van der Waals surface area contributed by atoms with Crippen molar-refractivity contribution in [3.8, 4) is 5.75 Å². The number of halogens is 1. The zero-order valence-electron chi connectivity index (χ0n) is 13.7. The third-order valence-corrected chi connectivity index (χ3v) is 3.44. The summed E-state index contributed by atoms with van der Waals surface area (Å²) in [6.45, 7) is 3.50. The number of ketones is 1. The largest absolute Gasteiger partial charge is 0.479 e. The number of carbonyl (C=O) groups excluding carboxylic acids is 2. The van der Waals surface area contributed by atoms with Gasteiger partial charge in [-0.15, -0.1) is 0 Å². The zero-order valence-corrected chi connectivity index (χ0v) is 13.7. The van der Waals surface area contributed by atoms with Crippen LogP contribution in [0.2, 0.25) is 0 Å². The number of amides is 1. The Morgan fingerprint density at radius 2 is 1.79 bits per heavy atom. The third kappa shape index (κ3) is 4.65. The van der Waals surface area contributed by atoms with Gasteiger partial charge in [0, 0.05) is 17.7 Å². The molecule has 0 radical (unpaired) electrons. The summed E-state index contributed by atoms with van der Waals surface area (Å²) in [5.41, 5.74) is 1.07. The molecule has 0 fully saturated rings. The van der Waals surface area contributed by atoms with Crippen LogP contribution in [0.15, 0.2) is 48.5 Å². The number of nitrogens with one attached hydrogen (secondary N) is 1. The molecule has 1 amide bonds. The fourth-order valence-corrected chi connectivity index (χ4v) is 2.19. The van der Waals surface area contributed by atoms with Gasteiger partial charge in [0.25, 0.3) is 0 Å². The highest BCUT2D eigenvalue weighted by atomic mass is 19.1. The van der Waals surface area contributed by atoms with Crippen LogP contribution < -0.4 is 10.1 Å². The van der Waals surface area contributed by atoms with E-state index in [1.807, 2.05) is 6.92 Å². The molecule has 4 nitrogen and oxygen atoms in total. The van der Waals surface area contributed by atoms with Gasteiger partial charge >= 0.3 is 0 Å². The van der Waals surface area contributed by atoms with Crippen molar-refractivity contribution in [3.05, 3.63) is 59.9 Å². The van der Waals surface area contributed by atoms with Gasteiger partial charge in [-0.1, -0.05) is 19.1 Å². The van der Waals surface area contributed by atoms with Crippen molar-refractivity contribution in [2.24, 2.45) is 0 Å². The van der Waals surface area contributed by atoms with Crippen molar-refractivity contribution >= 4 is 17.4 Å². The molecule has 0 saturated carbocycles. The maximum Gasteiger partial charge on any atom is 0.224 e. The van der Waals surface area contributed by atoms with Crippen molar-refractivity contribution in [1.82, 2.24) is 0 Å². The minimum atomic E-state index is -0.817. The normalized spacial score (nSPS) is 11.6. The second kappa shape index (κ2) is 8.24. The van der Waals surface area contributed by atoms with Gasteiger partial charge in [-0.3, -0.25) is 9.59 Å². The summed E-state index contributed by atoms with van der Waals surface area (Å²) in [5, 5.41) is 2.75. The molecule has 5 heteroatoms. The lowest BCUT2D eigenvalue weighted by molar-refractivity contribution is -0.116. The van der Waals surface area contributed by atoms with E-state index in [9.17, 15) is 14.0 Å². The summed E-state index contributed by atoms with van der Waals surface area (Å²) in [5.74, 6) is -0.787. The Hall–Kier alpha value is -2.69. The highest BCUT2D eigenvalue weighted by Gasteiger charge is 2.18. The smallest absolute Gasteiger partial charge is 0.224 e. The summed E-state index contributed by atoms with van der Waals surface area (Å²) in [6, 6.07) is 12.5. The van der Waals surface area contributed by atoms with E-state index >= 15 is 0 Å². The van der Waals surface area contributed by atoms with E-state index in [-0.39, 0.29) is 17.4 Å². The monoisotopic (exact) mass is 329 g/mol. The molecule has 0 aromatic heterocycles. The van der Waals surface area contributed by atoms with Crippen molar-refractivity contribution < 1.29 is 18.7 Å². The number of hydrogen-bond donors (Lipinski definition) is 1. The number of Topliss-reactive ketones (excluding diaryl/α,β-unsaturated/α-hetero) is 1. The summed E-state index contributed by atoms with van der Waals surface area (Å²) < 4.78 is 19.0. The van der Waals surface area contributed by atoms with Crippen LogP contribution >= 0.6 is 0 Å².